The molecule has 0 fully saturated rings. The number of hydrogen-bond acceptors (Lipinski definition) is 4. The number of halogens is 1. The van der Waals surface area contributed by atoms with Crippen LogP contribution < -0.4 is 11.1 Å². The van der Waals surface area contributed by atoms with Crippen molar-refractivity contribution in [3.05, 3.63) is 34.1 Å². The van der Waals surface area contributed by atoms with Gasteiger partial charge >= 0.3 is 5.69 Å². The number of nitro benzene ring substituents is 1. The van der Waals surface area contributed by atoms with Crippen molar-refractivity contribution in [2.45, 2.75) is 26.3 Å². The van der Waals surface area contributed by atoms with Crippen molar-refractivity contribution in [3.63, 3.8) is 0 Å². The van der Waals surface area contributed by atoms with E-state index in [-0.39, 0.29) is 30.0 Å². The number of amides is 1. The first kappa shape index (κ1) is 15.0. The summed E-state index contributed by atoms with van der Waals surface area (Å²) in [5.74, 6) is -1.16. The standard InChI is InChI=1S/C12H16FN3O3/c1-7(2)10(14)6-12(17)15-8-3-4-9(13)11(5-8)16(18)19/h3-5,7,10H,6,14H2,1-2H3,(H,15,17). The summed E-state index contributed by atoms with van der Waals surface area (Å²) in [6, 6.07) is 2.89. The van der Waals surface area contributed by atoms with Crippen LogP contribution in [-0.2, 0) is 4.79 Å². The Hall–Kier alpha value is -2.02. The van der Waals surface area contributed by atoms with E-state index < -0.39 is 16.4 Å². The molecule has 0 bridgehead atoms. The van der Waals surface area contributed by atoms with E-state index in [1.165, 1.54) is 6.07 Å². The number of rotatable bonds is 5. The van der Waals surface area contributed by atoms with E-state index in [1.54, 1.807) is 0 Å². The highest BCUT2D eigenvalue weighted by Gasteiger charge is 2.17. The van der Waals surface area contributed by atoms with E-state index in [2.05, 4.69) is 5.32 Å². The van der Waals surface area contributed by atoms with Crippen molar-refractivity contribution >= 4 is 17.3 Å². The molecule has 1 aromatic carbocycles. The average molecular weight is 269 g/mol. The predicted octanol–water partition coefficient (Wildman–Crippen LogP) is 2.05. The second-order valence-electron chi connectivity index (χ2n) is 4.58. The molecule has 0 saturated carbocycles. The summed E-state index contributed by atoms with van der Waals surface area (Å²) in [5, 5.41) is 13.0. The molecule has 0 aliphatic carbocycles. The highest BCUT2D eigenvalue weighted by Crippen LogP contribution is 2.21. The number of benzene rings is 1. The number of hydrogen-bond donors (Lipinski definition) is 2. The lowest BCUT2D eigenvalue weighted by molar-refractivity contribution is -0.387. The largest absolute Gasteiger partial charge is 0.327 e. The second-order valence-corrected chi connectivity index (χ2v) is 4.58. The fraction of sp³-hybridized carbons (Fsp3) is 0.417. The fourth-order valence-electron chi connectivity index (χ4n) is 1.39. The fourth-order valence-corrected chi connectivity index (χ4v) is 1.39. The van der Waals surface area contributed by atoms with E-state index in [1.807, 2.05) is 13.8 Å². The molecule has 1 rings (SSSR count). The van der Waals surface area contributed by atoms with Crippen molar-refractivity contribution in [2.75, 3.05) is 5.32 Å². The Labute approximate surface area is 109 Å². The third-order valence-electron chi connectivity index (χ3n) is 2.70. The number of nitrogens with one attached hydrogen (secondary N) is 1. The van der Waals surface area contributed by atoms with Crippen LogP contribution in [0.2, 0.25) is 0 Å². The van der Waals surface area contributed by atoms with E-state index in [0.29, 0.717) is 0 Å². The monoisotopic (exact) mass is 269 g/mol. The molecule has 0 saturated heterocycles. The van der Waals surface area contributed by atoms with Gasteiger partial charge in [0.15, 0.2) is 0 Å². The number of carbonyl (C=O) groups is 1. The van der Waals surface area contributed by atoms with Crippen LogP contribution in [0.5, 0.6) is 0 Å². The minimum atomic E-state index is -0.943. The summed E-state index contributed by atoms with van der Waals surface area (Å²) in [4.78, 5) is 21.4. The normalized spacial score (nSPS) is 12.3. The maximum atomic E-state index is 13.1. The SMILES string of the molecule is CC(C)C(N)CC(=O)Nc1ccc(F)c([N+](=O)[O-])c1. The Kier molecular flexibility index (Phi) is 4.94. The van der Waals surface area contributed by atoms with Crippen LogP contribution in [0.1, 0.15) is 20.3 Å². The zero-order chi connectivity index (χ0) is 14.6. The van der Waals surface area contributed by atoms with Crippen molar-refractivity contribution in [1.29, 1.82) is 0 Å². The van der Waals surface area contributed by atoms with Gasteiger partial charge in [0.2, 0.25) is 11.7 Å². The highest BCUT2D eigenvalue weighted by molar-refractivity contribution is 5.91. The van der Waals surface area contributed by atoms with Crippen molar-refractivity contribution < 1.29 is 14.1 Å². The van der Waals surface area contributed by atoms with E-state index in [0.717, 1.165) is 12.1 Å². The smallest absolute Gasteiger partial charge is 0.306 e. The Morgan fingerprint density at radius 2 is 2.16 bits per heavy atom. The lowest BCUT2D eigenvalue weighted by Crippen LogP contribution is -2.31. The van der Waals surface area contributed by atoms with Gasteiger partial charge in [0.05, 0.1) is 4.92 Å². The first-order chi connectivity index (χ1) is 8.81. The number of nitrogens with two attached hydrogens (primary N) is 1. The first-order valence-corrected chi connectivity index (χ1v) is 5.80. The Morgan fingerprint density at radius 1 is 1.53 bits per heavy atom. The van der Waals surface area contributed by atoms with Gasteiger partial charge in [-0.25, -0.2) is 0 Å². The summed E-state index contributed by atoms with van der Waals surface area (Å²) in [7, 11) is 0. The molecule has 1 aromatic rings. The van der Waals surface area contributed by atoms with Crippen LogP contribution in [0.4, 0.5) is 15.8 Å². The maximum absolute atomic E-state index is 13.1. The molecule has 1 unspecified atom stereocenters. The minimum Gasteiger partial charge on any atom is -0.327 e. The highest BCUT2D eigenvalue weighted by atomic mass is 19.1. The summed E-state index contributed by atoms with van der Waals surface area (Å²) in [6.45, 7) is 3.78. The van der Waals surface area contributed by atoms with Crippen molar-refractivity contribution in [3.8, 4) is 0 Å². The molecule has 7 heteroatoms. The van der Waals surface area contributed by atoms with Gasteiger partial charge in [-0.2, -0.15) is 4.39 Å². The van der Waals surface area contributed by atoms with Crippen LogP contribution in [0.3, 0.4) is 0 Å². The molecule has 0 aromatic heterocycles. The molecule has 1 atom stereocenters. The Morgan fingerprint density at radius 3 is 2.68 bits per heavy atom. The number of anilines is 1. The number of carbonyl (C=O) groups excluding carboxylic acids is 1. The van der Waals surface area contributed by atoms with Crippen molar-refractivity contribution in [2.24, 2.45) is 11.7 Å². The van der Waals surface area contributed by atoms with Gasteiger partial charge in [-0.05, 0) is 18.1 Å². The summed E-state index contributed by atoms with van der Waals surface area (Å²) in [5.41, 5.74) is 5.24. The van der Waals surface area contributed by atoms with E-state index >= 15 is 0 Å². The van der Waals surface area contributed by atoms with Crippen LogP contribution >= 0.6 is 0 Å². The van der Waals surface area contributed by atoms with Gasteiger partial charge in [-0.3, -0.25) is 14.9 Å². The van der Waals surface area contributed by atoms with Crippen LogP contribution in [0.15, 0.2) is 18.2 Å². The molecule has 0 radical (unpaired) electrons. The number of nitro groups is 1. The molecule has 0 spiro atoms. The Bertz CT molecular complexity index is 491. The predicted molar refractivity (Wildman–Crippen MR) is 69.1 cm³/mol. The van der Waals surface area contributed by atoms with Gasteiger partial charge in [0, 0.05) is 24.2 Å². The third-order valence-corrected chi connectivity index (χ3v) is 2.70. The summed E-state index contributed by atoms with van der Waals surface area (Å²) < 4.78 is 13.1. The van der Waals surface area contributed by atoms with Gasteiger partial charge in [-0.15, -0.1) is 0 Å². The van der Waals surface area contributed by atoms with E-state index in [9.17, 15) is 19.3 Å². The summed E-state index contributed by atoms with van der Waals surface area (Å²) in [6.07, 6.45) is 0.100. The van der Waals surface area contributed by atoms with Gasteiger partial charge in [-0.1, -0.05) is 13.8 Å². The molecular formula is C12H16FN3O3. The molecular weight excluding hydrogens is 253 g/mol. The molecule has 3 N–H and O–H groups in total. The lowest BCUT2D eigenvalue weighted by atomic mass is 10.0. The van der Waals surface area contributed by atoms with Gasteiger partial charge in [0.25, 0.3) is 0 Å². The van der Waals surface area contributed by atoms with Crippen LogP contribution in [-0.4, -0.2) is 16.9 Å². The zero-order valence-electron chi connectivity index (χ0n) is 10.7. The Balaban J connectivity index is 2.75. The quantitative estimate of drug-likeness (QED) is 0.631. The van der Waals surface area contributed by atoms with Crippen LogP contribution in [0.25, 0.3) is 0 Å². The third kappa shape index (κ3) is 4.29. The molecule has 0 aliphatic heterocycles. The topological polar surface area (TPSA) is 98.3 Å². The maximum Gasteiger partial charge on any atom is 0.306 e. The van der Waals surface area contributed by atoms with Crippen molar-refractivity contribution in [1.82, 2.24) is 0 Å². The lowest BCUT2D eigenvalue weighted by Gasteiger charge is -2.14. The molecule has 1 amide bonds. The molecule has 19 heavy (non-hydrogen) atoms. The van der Waals surface area contributed by atoms with Crippen LogP contribution in [0, 0.1) is 21.8 Å². The molecule has 6 nitrogen and oxygen atoms in total. The zero-order valence-corrected chi connectivity index (χ0v) is 10.7. The first-order valence-electron chi connectivity index (χ1n) is 5.80. The molecule has 104 valence electrons. The second kappa shape index (κ2) is 6.24. The van der Waals surface area contributed by atoms with Gasteiger partial charge < -0.3 is 11.1 Å². The van der Waals surface area contributed by atoms with E-state index in [4.69, 9.17) is 5.73 Å². The number of nitrogens with zero attached hydrogens (tertiary/aromatic N) is 1. The average Bonchev–Trinajstić information content (AvgIpc) is 2.30. The molecule has 0 heterocycles. The molecule has 0 aliphatic rings. The minimum absolute atomic E-state index is 0.100. The summed E-state index contributed by atoms with van der Waals surface area (Å²) >= 11 is 0. The van der Waals surface area contributed by atoms with Gasteiger partial charge in [0.1, 0.15) is 0 Å².